The van der Waals surface area contributed by atoms with E-state index in [1.807, 2.05) is 0 Å². The van der Waals surface area contributed by atoms with Crippen molar-refractivity contribution in [2.24, 2.45) is 5.41 Å². The van der Waals surface area contributed by atoms with Crippen LogP contribution in [0.3, 0.4) is 0 Å². The van der Waals surface area contributed by atoms with Crippen molar-refractivity contribution < 1.29 is 9.53 Å². The predicted octanol–water partition coefficient (Wildman–Crippen LogP) is 1.79. The maximum Gasteiger partial charge on any atom is 0.239 e. The number of carbonyl (C=O) groups excluding carboxylic acids is 1. The molecule has 1 N–H and O–H groups in total. The standard InChI is InChI=1S/C15H28N2O2/c1-15(2,8-10-19-3)11-17-9-4-5-13(14(17)18)16-12-6-7-12/h12-13,16H,4-11H2,1-3H3. The van der Waals surface area contributed by atoms with Gasteiger partial charge in [-0.1, -0.05) is 13.8 Å². The predicted molar refractivity (Wildman–Crippen MR) is 76.0 cm³/mol. The first-order valence-corrected chi connectivity index (χ1v) is 7.55. The summed E-state index contributed by atoms with van der Waals surface area (Å²) in [4.78, 5) is 14.5. The molecule has 1 aliphatic heterocycles. The lowest BCUT2D eigenvalue weighted by molar-refractivity contribution is -0.137. The van der Waals surface area contributed by atoms with E-state index in [1.165, 1.54) is 12.8 Å². The number of likely N-dealkylation sites (tertiary alicyclic amines) is 1. The average Bonchev–Trinajstić information content (AvgIpc) is 3.16. The summed E-state index contributed by atoms with van der Waals surface area (Å²) in [5.41, 5.74) is 0.132. The molecule has 0 aromatic heterocycles. The molecule has 1 atom stereocenters. The number of nitrogens with one attached hydrogen (secondary N) is 1. The summed E-state index contributed by atoms with van der Waals surface area (Å²) in [7, 11) is 1.73. The van der Waals surface area contributed by atoms with Crippen LogP contribution >= 0.6 is 0 Å². The molecule has 1 unspecified atom stereocenters. The smallest absolute Gasteiger partial charge is 0.239 e. The summed E-state index contributed by atoms with van der Waals surface area (Å²) in [6.07, 6.45) is 5.60. The second-order valence-electron chi connectivity index (χ2n) is 6.80. The SMILES string of the molecule is COCCC(C)(C)CN1CCCC(NC2CC2)C1=O. The van der Waals surface area contributed by atoms with Gasteiger partial charge in [-0.3, -0.25) is 4.79 Å². The number of hydrogen-bond acceptors (Lipinski definition) is 3. The lowest BCUT2D eigenvalue weighted by Gasteiger charge is -2.38. The summed E-state index contributed by atoms with van der Waals surface area (Å²) < 4.78 is 5.16. The zero-order valence-electron chi connectivity index (χ0n) is 12.6. The molecule has 19 heavy (non-hydrogen) atoms. The summed E-state index contributed by atoms with van der Waals surface area (Å²) in [6.45, 7) is 6.96. The molecule has 4 nitrogen and oxygen atoms in total. The third kappa shape index (κ3) is 4.46. The lowest BCUT2D eigenvalue weighted by atomic mass is 9.88. The van der Waals surface area contributed by atoms with Crippen LogP contribution in [0.15, 0.2) is 0 Å². The molecule has 110 valence electrons. The van der Waals surface area contributed by atoms with Gasteiger partial charge in [0.1, 0.15) is 0 Å². The minimum Gasteiger partial charge on any atom is -0.385 e. The monoisotopic (exact) mass is 268 g/mol. The Labute approximate surface area is 116 Å². The number of amides is 1. The van der Waals surface area contributed by atoms with Crippen LogP contribution in [0, 0.1) is 5.41 Å². The van der Waals surface area contributed by atoms with Crippen molar-refractivity contribution in [2.75, 3.05) is 26.8 Å². The van der Waals surface area contributed by atoms with E-state index >= 15 is 0 Å². The van der Waals surface area contributed by atoms with Gasteiger partial charge < -0.3 is 15.0 Å². The van der Waals surface area contributed by atoms with Crippen LogP contribution in [-0.2, 0) is 9.53 Å². The Bertz CT molecular complexity index is 313. The molecule has 2 aliphatic rings. The molecule has 0 bridgehead atoms. The third-order valence-electron chi connectivity index (χ3n) is 4.15. The second-order valence-corrected chi connectivity index (χ2v) is 6.80. The zero-order valence-corrected chi connectivity index (χ0v) is 12.6. The van der Waals surface area contributed by atoms with Gasteiger partial charge in [0.15, 0.2) is 0 Å². The van der Waals surface area contributed by atoms with Gasteiger partial charge in [0.25, 0.3) is 0 Å². The van der Waals surface area contributed by atoms with E-state index in [2.05, 4.69) is 24.1 Å². The Morgan fingerprint density at radius 2 is 2.11 bits per heavy atom. The summed E-state index contributed by atoms with van der Waals surface area (Å²) in [5, 5.41) is 3.49. The van der Waals surface area contributed by atoms with Crippen LogP contribution < -0.4 is 5.32 Å². The second kappa shape index (κ2) is 6.23. The maximum atomic E-state index is 12.5. The molecular formula is C15H28N2O2. The number of piperidine rings is 1. The highest BCUT2D eigenvalue weighted by Crippen LogP contribution is 2.26. The molecule has 1 aliphatic carbocycles. The van der Waals surface area contributed by atoms with Gasteiger partial charge >= 0.3 is 0 Å². The molecule has 1 saturated heterocycles. The number of nitrogens with zero attached hydrogens (tertiary/aromatic N) is 1. The zero-order chi connectivity index (χ0) is 13.9. The summed E-state index contributed by atoms with van der Waals surface area (Å²) in [6, 6.07) is 0.676. The molecule has 2 rings (SSSR count). The molecule has 1 heterocycles. The molecular weight excluding hydrogens is 240 g/mol. The van der Waals surface area contributed by atoms with Crippen molar-refractivity contribution in [3.63, 3.8) is 0 Å². The number of methoxy groups -OCH3 is 1. The number of carbonyl (C=O) groups is 1. The van der Waals surface area contributed by atoms with Crippen LogP contribution in [-0.4, -0.2) is 49.7 Å². The van der Waals surface area contributed by atoms with Crippen LogP contribution in [0.25, 0.3) is 0 Å². The highest BCUT2D eigenvalue weighted by Gasteiger charge is 2.35. The van der Waals surface area contributed by atoms with Crippen molar-refractivity contribution in [3.05, 3.63) is 0 Å². The number of ether oxygens (including phenoxy) is 1. The topological polar surface area (TPSA) is 41.6 Å². The highest BCUT2D eigenvalue weighted by molar-refractivity contribution is 5.82. The van der Waals surface area contributed by atoms with Crippen molar-refractivity contribution >= 4 is 5.91 Å². The average molecular weight is 268 g/mol. The molecule has 0 aromatic rings. The fourth-order valence-corrected chi connectivity index (χ4v) is 2.76. The quantitative estimate of drug-likeness (QED) is 0.765. The van der Waals surface area contributed by atoms with Crippen molar-refractivity contribution in [3.8, 4) is 0 Å². The molecule has 0 aromatic carbocycles. The molecule has 0 spiro atoms. The van der Waals surface area contributed by atoms with Crippen LogP contribution in [0.4, 0.5) is 0 Å². The van der Waals surface area contributed by atoms with Crippen LogP contribution in [0.1, 0.15) is 46.0 Å². The van der Waals surface area contributed by atoms with Crippen LogP contribution in [0.2, 0.25) is 0 Å². The van der Waals surface area contributed by atoms with Gasteiger partial charge in [0, 0.05) is 32.8 Å². The van der Waals surface area contributed by atoms with E-state index in [0.717, 1.165) is 39.0 Å². The van der Waals surface area contributed by atoms with E-state index in [9.17, 15) is 4.79 Å². The van der Waals surface area contributed by atoms with Crippen LogP contribution in [0.5, 0.6) is 0 Å². The third-order valence-corrected chi connectivity index (χ3v) is 4.15. The Balaban J connectivity index is 1.85. The van der Waals surface area contributed by atoms with E-state index in [-0.39, 0.29) is 11.5 Å². The van der Waals surface area contributed by atoms with Gasteiger partial charge in [-0.05, 0) is 37.5 Å². The first-order valence-electron chi connectivity index (χ1n) is 7.55. The Morgan fingerprint density at radius 1 is 1.37 bits per heavy atom. The molecule has 1 amide bonds. The summed E-state index contributed by atoms with van der Waals surface area (Å²) in [5.74, 6) is 0.309. The molecule has 2 fully saturated rings. The molecule has 0 radical (unpaired) electrons. The normalized spacial score (nSPS) is 24.9. The van der Waals surface area contributed by atoms with Gasteiger partial charge in [0.2, 0.25) is 5.91 Å². The van der Waals surface area contributed by atoms with E-state index in [0.29, 0.717) is 11.9 Å². The summed E-state index contributed by atoms with van der Waals surface area (Å²) >= 11 is 0. The van der Waals surface area contributed by atoms with Gasteiger partial charge in [-0.2, -0.15) is 0 Å². The minimum atomic E-state index is 0.0690. The first-order chi connectivity index (χ1) is 9.02. The Hall–Kier alpha value is -0.610. The van der Waals surface area contributed by atoms with E-state index in [4.69, 9.17) is 4.74 Å². The van der Waals surface area contributed by atoms with Crippen molar-refractivity contribution in [2.45, 2.75) is 58.0 Å². The fourth-order valence-electron chi connectivity index (χ4n) is 2.76. The van der Waals surface area contributed by atoms with Gasteiger partial charge in [0.05, 0.1) is 6.04 Å². The van der Waals surface area contributed by atoms with Crippen molar-refractivity contribution in [1.82, 2.24) is 10.2 Å². The van der Waals surface area contributed by atoms with E-state index in [1.54, 1.807) is 7.11 Å². The number of hydrogen-bond donors (Lipinski definition) is 1. The molecule has 4 heteroatoms. The lowest BCUT2D eigenvalue weighted by Crippen LogP contribution is -2.53. The molecule has 1 saturated carbocycles. The Kier molecular flexibility index (Phi) is 4.85. The minimum absolute atomic E-state index is 0.0690. The number of rotatable bonds is 7. The van der Waals surface area contributed by atoms with E-state index < -0.39 is 0 Å². The van der Waals surface area contributed by atoms with Gasteiger partial charge in [-0.25, -0.2) is 0 Å². The maximum absolute atomic E-state index is 12.5. The van der Waals surface area contributed by atoms with Gasteiger partial charge in [-0.15, -0.1) is 0 Å². The fraction of sp³-hybridized carbons (Fsp3) is 0.933. The highest BCUT2D eigenvalue weighted by atomic mass is 16.5. The largest absolute Gasteiger partial charge is 0.385 e. The van der Waals surface area contributed by atoms with Crippen molar-refractivity contribution in [1.29, 1.82) is 0 Å². The Morgan fingerprint density at radius 3 is 2.74 bits per heavy atom. The first kappa shape index (κ1) is 14.8.